The number of imidazole rings is 1. The number of nitrogens with zero attached hydrogens (tertiary/aromatic N) is 3. The molecule has 0 fully saturated rings. The molecule has 0 saturated carbocycles. The second kappa shape index (κ2) is 5.43. The van der Waals surface area contributed by atoms with E-state index in [1.54, 1.807) is 0 Å². The third-order valence-electron chi connectivity index (χ3n) is 3.30. The lowest BCUT2D eigenvalue weighted by atomic mass is 10.3. The van der Waals surface area contributed by atoms with Gasteiger partial charge in [0.15, 0.2) is 10.4 Å². The number of aryl methyl sites for hydroxylation is 2. The lowest BCUT2D eigenvalue weighted by Gasteiger charge is -2.10. The number of aromatic nitrogens is 4. The van der Waals surface area contributed by atoms with Crippen LogP contribution in [0, 0.1) is 11.7 Å². The van der Waals surface area contributed by atoms with E-state index in [2.05, 4.69) is 26.0 Å². The second-order valence-electron chi connectivity index (χ2n) is 4.56. The molecule has 110 valence electrons. The van der Waals surface area contributed by atoms with Gasteiger partial charge in [-0.3, -0.25) is 4.57 Å². The molecule has 0 aliphatic carbocycles. The van der Waals surface area contributed by atoms with Crippen LogP contribution in [0.1, 0.15) is 12.6 Å². The Balaban J connectivity index is 2.43. The standard InChI is InChI=1S/C13H11BrCl2N4S/c1-3-19-12-11(6(2)18-19)17-13(21)20(12)8-5-4-7(14)9(15)10(8)16/h4-5H,3H2,1-2H3,(H,17,21). The third kappa shape index (κ3) is 2.25. The van der Waals surface area contributed by atoms with Gasteiger partial charge in [0, 0.05) is 11.0 Å². The van der Waals surface area contributed by atoms with Crippen LogP contribution in [0.25, 0.3) is 16.9 Å². The molecule has 0 unspecified atom stereocenters. The van der Waals surface area contributed by atoms with Gasteiger partial charge in [-0.2, -0.15) is 5.10 Å². The highest BCUT2D eigenvalue weighted by Crippen LogP contribution is 2.36. The molecule has 4 nitrogen and oxygen atoms in total. The minimum absolute atomic E-state index is 0.449. The molecule has 8 heteroatoms. The van der Waals surface area contributed by atoms with Crippen LogP contribution in [-0.2, 0) is 6.54 Å². The molecule has 0 aliphatic rings. The Bertz CT molecular complexity index is 909. The number of H-pyrrole nitrogens is 1. The predicted octanol–water partition coefficient (Wildman–Crippen LogP) is 5.28. The number of fused-ring (bicyclic) bond motifs is 1. The van der Waals surface area contributed by atoms with E-state index in [4.69, 9.17) is 35.4 Å². The highest BCUT2D eigenvalue weighted by molar-refractivity contribution is 9.10. The van der Waals surface area contributed by atoms with Crippen molar-refractivity contribution in [2.24, 2.45) is 0 Å². The van der Waals surface area contributed by atoms with Gasteiger partial charge in [-0.1, -0.05) is 23.2 Å². The Morgan fingerprint density at radius 2 is 2.05 bits per heavy atom. The fraction of sp³-hybridized carbons (Fsp3) is 0.231. The summed E-state index contributed by atoms with van der Waals surface area (Å²) in [6.45, 7) is 4.71. The Labute approximate surface area is 144 Å². The summed E-state index contributed by atoms with van der Waals surface area (Å²) in [5, 5.41) is 5.41. The summed E-state index contributed by atoms with van der Waals surface area (Å²) in [5.41, 5.74) is 3.43. The molecule has 0 radical (unpaired) electrons. The molecule has 1 N–H and O–H groups in total. The van der Waals surface area contributed by atoms with E-state index in [1.807, 2.05) is 35.2 Å². The Morgan fingerprint density at radius 3 is 2.71 bits per heavy atom. The summed E-state index contributed by atoms with van der Waals surface area (Å²) in [6, 6.07) is 3.73. The molecule has 0 saturated heterocycles. The number of hydrogen-bond acceptors (Lipinski definition) is 2. The van der Waals surface area contributed by atoms with Gasteiger partial charge in [0.25, 0.3) is 0 Å². The molecule has 2 heterocycles. The van der Waals surface area contributed by atoms with Crippen molar-refractivity contribution in [2.45, 2.75) is 20.4 Å². The lowest BCUT2D eigenvalue weighted by Crippen LogP contribution is -2.04. The Morgan fingerprint density at radius 1 is 1.33 bits per heavy atom. The maximum atomic E-state index is 6.39. The first kappa shape index (κ1) is 15.1. The van der Waals surface area contributed by atoms with Crippen LogP contribution in [0.2, 0.25) is 10.0 Å². The number of rotatable bonds is 2. The first-order chi connectivity index (χ1) is 9.95. The molecular formula is C13H11BrCl2N4S. The number of nitrogens with one attached hydrogen (secondary N) is 1. The summed E-state index contributed by atoms with van der Waals surface area (Å²) in [5.74, 6) is 0. The van der Waals surface area contributed by atoms with Crippen LogP contribution < -0.4 is 0 Å². The van der Waals surface area contributed by atoms with Crippen LogP contribution in [0.3, 0.4) is 0 Å². The molecule has 0 aliphatic heterocycles. The van der Waals surface area contributed by atoms with Crippen LogP contribution >= 0.6 is 51.3 Å². The van der Waals surface area contributed by atoms with Crippen LogP contribution in [-0.4, -0.2) is 19.3 Å². The average molecular weight is 406 g/mol. The van der Waals surface area contributed by atoms with Crippen LogP contribution in [0.4, 0.5) is 0 Å². The number of hydrogen-bond donors (Lipinski definition) is 1. The molecule has 0 spiro atoms. The topological polar surface area (TPSA) is 38.5 Å². The zero-order chi connectivity index (χ0) is 15.3. The number of aromatic amines is 1. The minimum atomic E-state index is 0.449. The van der Waals surface area contributed by atoms with Crippen molar-refractivity contribution in [1.29, 1.82) is 0 Å². The molecule has 21 heavy (non-hydrogen) atoms. The summed E-state index contributed by atoms with van der Waals surface area (Å²) >= 11 is 21.4. The van der Waals surface area contributed by atoms with Crippen LogP contribution in [0.15, 0.2) is 16.6 Å². The average Bonchev–Trinajstić information content (AvgIpc) is 2.94. The van der Waals surface area contributed by atoms with E-state index in [0.29, 0.717) is 14.8 Å². The summed E-state index contributed by atoms with van der Waals surface area (Å²) in [4.78, 5) is 3.19. The predicted molar refractivity (Wildman–Crippen MR) is 92.4 cm³/mol. The summed E-state index contributed by atoms with van der Waals surface area (Å²) in [7, 11) is 0. The van der Waals surface area contributed by atoms with E-state index >= 15 is 0 Å². The molecule has 0 amide bonds. The molecule has 3 aromatic rings. The monoisotopic (exact) mass is 404 g/mol. The quantitative estimate of drug-likeness (QED) is 0.465. The van der Waals surface area contributed by atoms with Crippen molar-refractivity contribution in [2.75, 3.05) is 0 Å². The molecule has 3 rings (SSSR count). The second-order valence-corrected chi connectivity index (χ2v) is 6.56. The SMILES string of the molecule is CCn1nc(C)c2[nH]c(=S)n(-c3ccc(Br)c(Cl)c3Cl)c21. The van der Waals surface area contributed by atoms with E-state index in [0.717, 1.165) is 33.6 Å². The van der Waals surface area contributed by atoms with Gasteiger partial charge in [-0.25, -0.2) is 4.68 Å². The fourth-order valence-corrected chi connectivity index (χ4v) is 3.47. The van der Waals surface area contributed by atoms with Crippen molar-refractivity contribution in [1.82, 2.24) is 19.3 Å². The molecule has 0 atom stereocenters. The van der Waals surface area contributed by atoms with Crippen molar-refractivity contribution >= 4 is 62.5 Å². The van der Waals surface area contributed by atoms with Gasteiger partial charge < -0.3 is 4.98 Å². The zero-order valence-electron chi connectivity index (χ0n) is 11.2. The zero-order valence-corrected chi connectivity index (χ0v) is 15.2. The summed E-state index contributed by atoms with van der Waals surface area (Å²) < 4.78 is 5.07. The van der Waals surface area contributed by atoms with Gasteiger partial charge >= 0.3 is 0 Å². The Hall–Kier alpha value is -0.820. The van der Waals surface area contributed by atoms with E-state index < -0.39 is 0 Å². The van der Waals surface area contributed by atoms with Gasteiger partial charge in [-0.15, -0.1) is 0 Å². The van der Waals surface area contributed by atoms with Crippen LogP contribution in [0.5, 0.6) is 0 Å². The van der Waals surface area contributed by atoms with Crippen molar-refractivity contribution in [3.05, 3.63) is 37.1 Å². The first-order valence-electron chi connectivity index (χ1n) is 6.27. The number of halogens is 3. The minimum Gasteiger partial charge on any atom is -0.327 e. The van der Waals surface area contributed by atoms with E-state index in [1.165, 1.54) is 0 Å². The van der Waals surface area contributed by atoms with Gasteiger partial charge in [0.2, 0.25) is 0 Å². The maximum absolute atomic E-state index is 6.39. The lowest BCUT2D eigenvalue weighted by molar-refractivity contribution is 0.662. The van der Waals surface area contributed by atoms with E-state index in [-0.39, 0.29) is 0 Å². The summed E-state index contributed by atoms with van der Waals surface area (Å²) in [6.07, 6.45) is 0. The molecule has 0 bridgehead atoms. The highest BCUT2D eigenvalue weighted by atomic mass is 79.9. The highest BCUT2D eigenvalue weighted by Gasteiger charge is 2.18. The third-order valence-corrected chi connectivity index (χ3v) is 5.35. The maximum Gasteiger partial charge on any atom is 0.184 e. The molecule has 2 aromatic heterocycles. The normalized spacial score (nSPS) is 11.5. The van der Waals surface area contributed by atoms with Gasteiger partial charge in [-0.05, 0) is 54.1 Å². The van der Waals surface area contributed by atoms with Gasteiger partial charge in [0.05, 0.1) is 21.4 Å². The van der Waals surface area contributed by atoms with Crippen molar-refractivity contribution < 1.29 is 0 Å². The van der Waals surface area contributed by atoms with Crippen molar-refractivity contribution in [3.63, 3.8) is 0 Å². The first-order valence-corrected chi connectivity index (χ1v) is 8.23. The Kier molecular flexibility index (Phi) is 3.90. The fourth-order valence-electron chi connectivity index (χ4n) is 2.33. The van der Waals surface area contributed by atoms with Gasteiger partial charge in [0.1, 0.15) is 5.52 Å². The van der Waals surface area contributed by atoms with E-state index in [9.17, 15) is 0 Å². The largest absolute Gasteiger partial charge is 0.327 e. The molecular weight excluding hydrogens is 395 g/mol. The number of benzene rings is 1. The smallest absolute Gasteiger partial charge is 0.184 e. The molecule has 1 aromatic carbocycles. The van der Waals surface area contributed by atoms with Crippen molar-refractivity contribution in [3.8, 4) is 5.69 Å².